The molecule has 0 bridgehead atoms. The highest BCUT2D eigenvalue weighted by atomic mass is 16.4. The monoisotopic (exact) mass is 402 g/mol. The first-order valence-corrected chi connectivity index (χ1v) is 12.4. The van der Waals surface area contributed by atoms with Gasteiger partial charge in [0.25, 0.3) is 0 Å². The van der Waals surface area contributed by atoms with Gasteiger partial charge in [-0.3, -0.25) is 0 Å². The van der Waals surface area contributed by atoms with E-state index in [1.807, 2.05) is 17.7 Å². The predicted octanol–water partition coefficient (Wildman–Crippen LogP) is 6.84. The quantitative estimate of drug-likeness (QED) is 0.550. The van der Waals surface area contributed by atoms with Crippen LogP contribution in [0.4, 0.5) is 0 Å². The topological polar surface area (TPSA) is 37.3 Å². The molecule has 2 heteroatoms. The van der Waals surface area contributed by atoms with Crippen molar-refractivity contribution in [3.05, 3.63) is 59.2 Å². The molecule has 0 saturated heterocycles. The van der Waals surface area contributed by atoms with Gasteiger partial charge in [-0.2, -0.15) is 0 Å². The molecule has 3 fully saturated rings. The smallest absolute Gasteiger partial charge is 0.335 e. The molecule has 158 valence electrons. The molecule has 1 aromatic rings. The lowest BCUT2D eigenvalue weighted by Gasteiger charge is -2.54. The fourth-order valence-electron chi connectivity index (χ4n) is 8.54. The molecule has 1 N–H and O–H groups in total. The molecule has 8 unspecified atom stereocenters. The maximum atomic E-state index is 11.7. The van der Waals surface area contributed by atoms with Gasteiger partial charge < -0.3 is 5.11 Å². The fourth-order valence-corrected chi connectivity index (χ4v) is 8.54. The molecule has 6 rings (SSSR count). The normalized spacial score (nSPS) is 41.8. The van der Waals surface area contributed by atoms with Crippen molar-refractivity contribution >= 4 is 5.97 Å². The summed E-state index contributed by atoms with van der Waals surface area (Å²) in [6, 6.07) is 7.75. The zero-order valence-electron chi connectivity index (χ0n) is 17.9. The summed E-state index contributed by atoms with van der Waals surface area (Å²) in [7, 11) is 0. The molecule has 0 heterocycles. The minimum Gasteiger partial charge on any atom is -0.478 e. The number of carboxylic acid groups (broad SMARTS) is 1. The molecule has 3 saturated carbocycles. The predicted molar refractivity (Wildman–Crippen MR) is 119 cm³/mol. The van der Waals surface area contributed by atoms with Gasteiger partial charge >= 0.3 is 5.97 Å². The van der Waals surface area contributed by atoms with Gasteiger partial charge in [0.2, 0.25) is 0 Å². The molecule has 0 radical (unpaired) electrons. The number of benzene rings is 1. The Balaban J connectivity index is 1.21. The van der Waals surface area contributed by atoms with Crippen LogP contribution in [-0.4, -0.2) is 11.1 Å². The summed E-state index contributed by atoms with van der Waals surface area (Å²) in [5.74, 6) is 5.70. The Bertz CT molecular complexity index is 896. The maximum Gasteiger partial charge on any atom is 0.335 e. The second kappa shape index (κ2) is 7.39. The van der Waals surface area contributed by atoms with Gasteiger partial charge in [0.15, 0.2) is 0 Å². The van der Waals surface area contributed by atoms with Gasteiger partial charge in [-0.1, -0.05) is 42.0 Å². The van der Waals surface area contributed by atoms with Crippen LogP contribution in [0, 0.1) is 41.4 Å². The summed E-state index contributed by atoms with van der Waals surface area (Å²) < 4.78 is 0. The maximum absolute atomic E-state index is 11.7. The zero-order valence-corrected chi connectivity index (χ0v) is 17.9. The third-order valence-corrected chi connectivity index (χ3v) is 9.74. The molecule has 2 nitrogen and oxygen atoms in total. The number of aromatic carboxylic acids is 1. The van der Waals surface area contributed by atoms with Gasteiger partial charge in [-0.15, -0.1) is 0 Å². The Morgan fingerprint density at radius 1 is 0.867 bits per heavy atom. The molecular formula is C28H34O2. The van der Waals surface area contributed by atoms with E-state index in [-0.39, 0.29) is 0 Å². The lowest BCUT2D eigenvalue weighted by atomic mass is 9.51. The van der Waals surface area contributed by atoms with E-state index in [0.29, 0.717) is 11.5 Å². The molecule has 5 aliphatic rings. The first-order valence-electron chi connectivity index (χ1n) is 12.4. The number of fused-ring (bicyclic) bond motifs is 7. The van der Waals surface area contributed by atoms with E-state index >= 15 is 0 Å². The number of carboxylic acids is 1. The van der Waals surface area contributed by atoms with Gasteiger partial charge in [0, 0.05) is 0 Å². The van der Waals surface area contributed by atoms with Crippen molar-refractivity contribution in [2.24, 2.45) is 41.4 Å². The standard InChI is InChI=1S/C28H34O2/c29-28(30)27-6-2-1-5-21(27)18-9-11-22-19(16-18)10-13-26-24(22)15-14-23-20-7-3-4-17(20)8-12-25(23)26/h1-6,14,17-20,22,24-26H,7-13,15-16H2,(H,29,30). The van der Waals surface area contributed by atoms with Crippen LogP contribution in [0.3, 0.4) is 0 Å². The summed E-state index contributed by atoms with van der Waals surface area (Å²) in [4.78, 5) is 11.7. The van der Waals surface area contributed by atoms with E-state index in [0.717, 1.165) is 47.0 Å². The largest absolute Gasteiger partial charge is 0.478 e. The second-order valence-electron chi connectivity index (χ2n) is 10.8. The van der Waals surface area contributed by atoms with Crippen LogP contribution in [-0.2, 0) is 0 Å². The summed E-state index contributed by atoms with van der Waals surface area (Å²) in [5, 5.41) is 9.65. The van der Waals surface area contributed by atoms with Crippen LogP contribution in [0.2, 0.25) is 0 Å². The highest BCUT2D eigenvalue weighted by molar-refractivity contribution is 5.89. The van der Waals surface area contributed by atoms with E-state index in [1.54, 1.807) is 6.07 Å². The van der Waals surface area contributed by atoms with E-state index in [9.17, 15) is 9.90 Å². The highest BCUT2D eigenvalue weighted by Gasteiger charge is 2.49. The molecule has 0 aromatic heterocycles. The van der Waals surface area contributed by atoms with Crippen LogP contribution in [0.15, 0.2) is 48.1 Å². The number of hydrogen-bond acceptors (Lipinski definition) is 1. The van der Waals surface area contributed by atoms with Crippen LogP contribution >= 0.6 is 0 Å². The first kappa shape index (κ1) is 18.9. The number of carbonyl (C=O) groups is 1. The molecule has 30 heavy (non-hydrogen) atoms. The summed E-state index contributed by atoms with van der Waals surface area (Å²) in [6.07, 6.45) is 19.5. The van der Waals surface area contributed by atoms with E-state index < -0.39 is 5.97 Å². The summed E-state index contributed by atoms with van der Waals surface area (Å²) in [5.41, 5.74) is 3.46. The third-order valence-electron chi connectivity index (χ3n) is 9.74. The molecule has 5 aliphatic carbocycles. The minimum absolute atomic E-state index is 0.435. The Labute approximate surface area is 180 Å². The minimum atomic E-state index is -0.765. The van der Waals surface area contributed by atoms with Crippen LogP contribution < -0.4 is 0 Å². The van der Waals surface area contributed by atoms with Crippen LogP contribution in [0.25, 0.3) is 0 Å². The number of rotatable bonds is 2. The Morgan fingerprint density at radius 3 is 2.63 bits per heavy atom. The van der Waals surface area contributed by atoms with Gasteiger partial charge in [0.1, 0.15) is 0 Å². The average Bonchev–Trinajstić information content (AvgIpc) is 3.27. The number of allylic oxidation sites excluding steroid dienone is 4. The molecule has 0 spiro atoms. The Hall–Kier alpha value is -1.83. The molecular weight excluding hydrogens is 368 g/mol. The van der Waals surface area contributed by atoms with Gasteiger partial charge in [-0.05, 0) is 117 Å². The summed E-state index contributed by atoms with van der Waals surface area (Å²) in [6.45, 7) is 0. The van der Waals surface area contributed by atoms with Crippen molar-refractivity contribution in [3.63, 3.8) is 0 Å². The fraction of sp³-hybridized carbons (Fsp3) is 0.607. The van der Waals surface area contributed by atoms with Crippen LogP contribution in [0.1, 0.15) is 79.6 Å². The second-order valence-corrected chi connectivity index (χ2v) is 10.8. The van der Waals surface area contributed by atoms with Crippen molar-refractivity contribution in [2.45, 2.75) is 63.7 Å². The zero-order chi connectivity index (χ0) is 20.2. The average molecular weight is 403 g/mol. The van der Waals surface area contributed by atoms with Gasteiger partial charge in [-0.25, -0.2) is 4.79 Å². The number of hydrogen-bond donors (Lipinski definition) is 1. The van der Waals surface area contributed by atoms with Crippen molar-refractivity contribution < 1.29 is 9.90 Å². The Morgan fingerprint density at radius 2 is 1.73 bits per heavy atom. The van der Waals surface area contributed by atoms with Crippen molar-refractivity contribution in [1.82, 2.24) is 0 Å². The van der Waals surface area contributed by atoms with E-state index in [4.69, 9.17) is 0 Å². The molecule has 8 atom stereocenters. The van der Waals surface area contributed by atoms with Gasteiger partial charge in [0.05, 0.1) is 5.56 Å². The Kier molecular flexibility index (Phi) is 4.66. The SMILES string of the molecule is O=C(O)c1ccccc1C1CCC2C(CCC3C4CCC5C=CCC5C4=CCC23)C1. The van der Waals surface area contributed by atoms with Crippen molar-refractivity contribution in [1.29, 1.82) is 0 Å². The third kappa shape index (κ3) is 2.93. The molecule has 1 aromatic carbocycles. The van der Waals surface area contributed by atoms with E-state index in [1.165, 1.54) is 57.8 Å². The van der Waals surface area contributed by atoms with Crippen molar-refractivity contribution in [2.75, 3.05) is 0 Å². The summed E-state index contributed by atoms with van der Waals surface area (Å²) >= 11 is 0. The lowest BCUT2D eigenvalue weighted by Crippen LogP contribution is -2.45. The molecule has 0 amide bonds. The van der Waals surface area contributed by atoms with Crippen LogP contribution in [0.5, 0.6) is 0 Å². The first-order chi connectivity index (χ1) is 14.7. The lowest BCUT2D eigenvalue weighted by molar-refractivity contribution is 0.0114. The highest BCUT2D eigenvalue weighted by Crippen LogP contribution is 2.59. The van der Waals surface area contributed by atoms with E-state index in [2.05, 4.69) is 24.3 Å². The van der Waals surface area contributed by atoms with Crippen molar-refractivity contribution in [3.8, 4) is 0 Å². The molecule has 0 aliphatic heterocycles.